The molecule has 0 nitrogen and oxygen atoms in total. The van der Waals surface area contributed by atoms with E-state index in [0.717, 1.165) is 0 Å². The summed E-state index contributed by atoms with van der Waals surface area (Å²) < 4.78 is 0. The summed E-state index contributed by atoms with van der Waals surface area (Å²) in [5.41, 5.74) is 0. The smallest absolute Gasteiger partial charge is 1.00 e. The monoisotopic (exact) mass is 176 g/mol. The van der Waals surface area contributed by atoms with E-state index in [9.17, 15) is 0 Å². The zero-order chi connectivity index (χ0) is 2.71. The Morgan fingerprint density at radius 2 is 1.40 bits per heavy atom. The van der Waals surface area contributed by atoms with Gasteiger partial charge in [0.25, 0.3) is 0 Å². The van der Waals surface area contributed by atoms with Crippen LogP contribution in [0.15, 0.2) is 0 Å². The van der Waals surface area contributed by atoms with Gasteiger partial charge in [-0.05, 0) is 0 Å². The molecule has 0 amide bonds. The Hall–Kier alpha value is 1.97. The normalized spacial score (nSPS) is 2.00. The van der Waals surface area contributed by atoms with Gasteiger partial charge in [0.15, 0.2) is 0 Å². The van der Waals surface area contributed by atoms with Gasteiger partial charge in [-0.15, -0.1) is 0 Å². The van der Waals surface area contributed by atoms with E-state index in [0.29, 0.717) is 0 Å². The van der Waals surface area contributed by atoms with Crippen LogP contribution >= 0.6 is 19.4 Å². The SMILES string of the molecule is C.[Cl][Zn][Cl].[H-].[H-].[Mg+2]. The third kappa shape index (κ3) is 24.2. The van der Waals surface area contributed by atoms with Crippen LogP contribution in [0.1, 0.15) is 10.3 Å². The largest absolute Gasteiger partial charge is 2.00 e. The van der Waals surface area contributed by atoms with Gasteiger partial charge in [0, 0.05) is 0 Å². The van der Waals surface area contributed by atoms with Crippen molar-refractivity contribution >= 4 is 42.4 Å². The molecule has 0 aromatic heterocycles. The Balaban J connectivity index is -0.00000000333. The van der Waals surface area contributed by atoms with E-state index >= 15 is 0 Å². The zero-order valence-electron chi connectivity index (χ0n) is 4.17. The first kappa shape index (κ1) is 15.8. The minimum atomic E-state index is -0.931. The van der Waals surface area contributed by atoms with Crippen LogP contribution in [0.4, 0.5) is 0 Å². The molecular weight excluding hydrogens is 173 g/mol. The molecule has 0 bridgehead atoms. The molecule has 0 atom stereocenters. The first-order chi connectivity index (χ1) is 1.41. The summed E-state index contributed by atoms with van der Waals surface area (Å²) in [4.78, 5) is 0. The van der Waals surface area contributed by atoms with Crippen molar-refractivity contribution in [3.8, 4) is 0 Å². The van der Waals surface area contributed by atoms with E-state index in [4.69, 9.17) is 19.4 Å². The molecule has 5 heavy (non-hydrogen) atoms. The van der Waals surface area contributed by atoms with Crippen LogP contribution in [0, 0.1) is 0 Å². The molecule has 28 valence electrons. The van der Waals surface area contributed by atoms with E-state index in [1.807, 2.05) is 0 Å². The van der Waals surface area contributed by atoms with Gasteiger partial charge >= 0.3 is 57.6 Å². The quantitative estimate of drug-likeness (QED) is 0.497. The first-order valence-electron chi connectivity index (χ1n) is 0.535. The molecule has 0 N–H and O–H groups in total. The fourth-order valence-corrected chi connectivity index (χ4v) is 0. The van der Waals surface area contributed by atoms with Crippen molar-refractivity contribution in [3.05, 3.63) is 0 Å². The van der Waals surface area contributed by atoms with E-state index < -0.39 is 15.1 Å². The molecule has 0 aliphatic heterocycles. The maximum absolute atomic E-state index is 4.95. The topological polar surface area (TPSA) is 0 Å². The van der Waals surface area contributed by atoms with Crippen LogP contribution in [0.5, 0.6) is 0 Å². The van der Waals surface area contributed by atoms with E-state index in [1.54, 1.807) is 0 Å². The average Bonchev–Trinajstić information content (AvgIpc) is 0.918. The second kappa shape index (κ2) is 16.7. The molecule has 0 aliphatic carbocycles. The molecule has 0 aromatic rings. The third-order valence-corrected chi connectivity index (χ3v) is 0. The van der Waals surface area contributed by atoms with Crippen molar-refractivity contribution < 1.29 is 18.0 Å². The van der Waals surface area contributed by atoms with Gasteiger partial charge < -0.3 is 2.85 Å². The Labute approximate surface area is 67.4 Å². The van der Waals surface area contributed by atoms with Crippen LogP contribution in [-0.2, 0) is 15.1 Å². The van der Waals surface area contributed by atoms with Crippen molar-refractivity contribution in [2.75, 3.05) is 0 Å². The summed E-state index contributed by atoms with van der Waals surface area (Å²) in [5.74, 6) is 0. The Bertz CT molecular complexity index is 15.7. The maximum atomic E-state index is 4.95. The van der Waals surface area contributed by atoms with Crippen molar-refractivity contribution in [2.45, 2.75) is 7.43 Å². The zero-order valence-corrected chi connectivity index (χ0v) is 8.06. The fourth-order valence-electron chi connectivity index (χ4n) is 0. The standard InChI is InChI=1S/CH4.2ClH.Mg.Zn.2H/h1H4;2*1H;;;;/q;;;2*+2;2*-1/p-2. The van der Waals surface area contributed by atoms with Gasteiger partial charge in [-0.2, -0.15) is 0 Å². The summed E-state index contributed by atoms with van der Waals surface area (Å²) >= 11 is -0.931. The van der Waals surface area contributed by atoms with Crippen LogP contribution in [-0.4, -0.2) is 23.1 Å². The summed E-state index contributed by atoms with van der Waals surface area (Å²) in [7, 11) is 9.90. The summed E-state index contributed by atoms with van der Waals surface area (Å²) in [6, 6.07) is 0. The summed E-state index contributed by atoms with van der Waals surface area (Å²) in [5, 5.41) is 0. The first-order valence-corrected chi connectivity index (χ1v) is 8.33. The van der Waals surface area contributed by atoms with E-state index in [-0.39, 0.29) is 33.3 Å². The Morgan fingerprint density at radius 3 is 1.40 bits per heavy atom. The van der Waals surface area contributed by atoms with Crippen molar-refractivity contribution in [1.29, 1.82) is 0 Å². The van der Waals surface area contributed by atoms with Crippen LogP contribution in [0.2, 0.25) is 0 Å². The average molecular weight is 179 g/mol. The molecule has 0 fully saturated rings. The van der Waals surface area contributed by atoms with Gasteiger partial charge in [0.2, 0.25) is 0 Å². The third-order valence-electron chi connectivity index (χ3n) is 0. The van der Waals surface area contributed by atoms with Crippen molar-refractivity contribution in [3.63, 3.8) is 0 Å². The Kier molecular flexibility index (Phi) is 52.7. The molecular formula is CH6Cl2MgZn. The molecule has 0 aliphatic rings. The van der Waals surface area contributed by atoms with Crippen LogP contribution < -0.4 is 0 Å². The van der Waals surface area contributed by atoms with Crippen molar-refractivity contribution in [2.24, 2.45) is 0 Å². The minimum absolute atomic E-state index is 0. The van der Waals surface area contributed by atoms with Crippen molar-refractivity contribution in [1.82, 2.24) is 0 Å². The molecule has 0 saturated carbocycles. The molecule has 0 spiro atoms. The molecule has 0 aromatic carbocycles. The molecule has 0 rings (SSSR count). The summed E-state index contributed by atoms with van der Waals surface area (Å²) in [6.07, 6.45) is 0. The molecule has 0 heterocycles. The van der Waals surface area contributed by atoms with Gasteiger partial charge in [-0.25, -0.2) is 0 Å². The fraction of sp³-hybridized carbons (Fsp3) is 1.00. The molecule has 0 saturated heterocycles. The Morgan fingerprint density at radius 1 is 1.40 bits per heavy atom. The molecule has 0 unspecified atom stereocenters. The minimum Gasteiger partial charge on any atom is -1.00 e. The number of halogens is 2. The number of hydrogen-bond acceptors (Lipinski definition) is 0. The van der Waals surface area contributed by atoms with Gasteiger partial charge in [0.1, 0.15) is 0 Å². The molecule has 4 heteroatoms. The predicted octanol–water partition coefficient (Wildman–Crippen LogP) is 1.86. The maximum Gasteiger partial charge on any atom is 2.00 e. The molecule has 0 radical (unpaired) electrons. The van der Waals surface area contributed by atoms with Crippen LogP contribution in [0.3, 0.4) is 0 Å². The van der Waals surface area contributed by atoms with E-state index in [2.05, 4.69) is 0 Å². The van der Waals surface area contributed by atoms with Gasteiger partial charge in [0.05, 0.1) is 0 Å². The van der Waals surface area contributed by atoms with Gasteiger partial charge in [-0.3, -0.25) is 0 Å². The second-order valence-corrected chi connectivity index (χ2v) is 4.72. The second-order valence-electron chi connectivity index (χ2n) is 0.101. The van der Waals surface area contributed by atoms with Gasteiger partial charge in [-0.1, -0.05) is 7.43 Å². The van der Waals surface area contributed by atoms with Crippen LogP contribution in [0.25, 0.3) is 0 Å². The predicted molar refractivity (Wildman–Crippen MR) is 26.4 cm³/mol. The van der Waals surface area contributed by atoms with E-state index in [1.165, 1.54) is 0 Å². The number of hydrogen-bond donors (Lipinski definition) is 0. The number of rotatable bonds is 0. The summed E-state index contributed by atoms with van der Waals surface area (Å²) in [6.45, 7) is 0.